The number of alkyl halides is 3. The zero-order valence-electron chi connectivity index (χ0n) is 25.6. The number of anilines is 2. The number of β-amino-alcohol motifs (C(OH)–C–C–N with tert-alkyl or cyclic N) is 1. The summed E-state index contributed by atoms with van der Waals surface area (Å²) in [5.41, 5.74) is -0.539. The minimum absolute atomic E-state index is 0.104. The van der Waals surface area contributed by atoms with Gasteiger partial charge in [0.2, 0.25) is 5.91 Å². The summed E-state index contributed by atoms with van der Waals surface area (Å²) in [6.07, 6.45) is -4.20. The van der Waals surface area contributed by atoms with E-state index < -0.39 is 35.2 Å². The van der Waals surface area contributed by atoms with Gasteiger partial charge in [-0.15, -0.1) is 0 Å². The minimum Gasteiger partial charge on any atom is -0.497 e. The molecule has 2 fully saturated rings. The van der Waals surface area contributed by atoms with E-state index in [1.165, 1.54) is 26.4 Å². The zero-order valence-corrected chi connectivity index (χ0v) is 25.6. The standard InChI is InChI=1S/C32H36F3N5O6/c1-45-23-13-19(14-24(16-23)46-2)29-25-8-12-39(18-28(43)37-9-5-21(41)6-10-37)30(25)31(44)40(36-29)27-15-20(38-11-7-22(42)17-38)3-4-26(27)32(33,34)35/h3-4,13-16,21-22,41-42H,5-12,17-18H2,1-2H3. The Labute approximate surface area is 263 Å². The second-order valence-electron chi connectivity index (χ2n) is 11.9. The van der Waals surface area contributed by atoms with E-state index in [1.807, 2.05) is 0 Å². The van der Waals surface area contributed by atoms with Crippen LogP contribution in [0, 0.1) is 0 Å². The SMILES string of the molecule is COc1cc(OC)cc(-c2nn(-c3cc(N4CCC(O)C4)ccc3C(F)(F)F)c(=O)c3c2CCN3CC(=O)N2CCC(O)CC2)c1. The first-order valence-corrected chi connectivity index (χ1v) is 15.2. The third-order valence-electron chi connectivity index (χ3n) is 8.93. The molecule has 4 heterocycles. The van der Waals surface area contributed by atoms with Gasteiger partial charge in [-0.3, -0.25) is 9.59 Å². The summed E-state index contributed by atoms with van der Waals surface area (Å²) < 4.78 is 55.2. The third kappa shape index (κ3) is 6.10. The Hall–Kier alpha value is -4.30. The molecule has 0 saturated carbocycles. The second-order valence-corrected chi connectivity index (χ2v) is 11.9. The van der Waals surface area contributed by atoms with Crippen molar-refractivity contribution in [3.8, 4) is 28.4 Å². The van der Waals surface area contributed by atoms with Crippen molar-refractivity contribution in [2.24, 2.45) is 0 Å². The number of fused-ring (bicyclic) bond motifs is 1. The van der Waals surface area contributed by atoms with Gasteiger partial charge in [0, 0.05) is 55.6 Å². The molecule has 1 aromatic heterocycles. The lowest BCUT2D eigenvalue weighted by molar-refractivity contribution is -0.137. The Morgan fingerprint density at radius 2 is 1.63 bits per heavy atom. The highest BCUT2D eigenvalue weighted by Crippen LogP contribution is 2.39. The number of amides is 1. The molecule has 1 atom stereocenters. The molecule has 0 aliphatic carbocycles. The van der Waals surface area contributed by atoms with Crippen LogP contribution in [0.5, 0.6) is 11.5 Å². The van der Waals surface area contributed by atoms with Crippen molar-refractivity contribution in [2.45, 2.75) is 44.1 Å². The highest BCUT2D eigenvalue weighted by Gasteiger charge is 2.38. The van der Waals surface area contributed by atoms with E-state index in [0.717, 1.165) is 10.7 Å². The van der Waals surface area contributed by atoms with E-state index >= 15 is 0 Å². The predicted octanol–water partition coefficient (Wildman–Crippen LogP) is 2.85. The number of rotatable bonds is 7. The summed E-state index contributed by atoms with van der Waals surface area (Å²) in [6, 6.07) is 8.52. The first-order valence-electron chi connectivity index (χ1n) is 15.2. The second kappa shape index (κ2) is 12.5. The van der Waals surface area contributed by atoms with E-state index in [0.29, 0.717) is 73.6 Å². The monoisotopic (exact) mass is 643 g/mol. The number of carbonyl (C=O) groups is 1. The summed E-state index contributed by atoms with van der Waals surface area (Å²) in [4.78, 5) is 32.6. The number of carbonyl (C=O) groups excluding carboxylic acids is 1. The molecule has 1 unspecified atom stereocenters. The molecule has 46 heavy (non-hydrogen) atoms. The molecule has 3 aromatic rings. The number of nitrogens with zero attached hydrogens (tertiary/aromatic N) is 5. The number of benzene rings is 2. The van der Waals surface area contributed by atoms with Crippen molar-refractivity contribution in [2.75, 3.05) is 63.3 Å². The molecule has 3 aliphatic rings. The number of aromatic nitrogens is 2. The summed E-state index contributed by atoms with van der Waals surface area (Å²) >= 11 is 0. The van der Waals surface area contributed by atoms with Crippen LogP contribution in [-0.2, 0) is 17.4 Å². The summed E-state index contributed by atoms with van der Waals surface area (Å²) in [7, 11) is 2.95. The first-order chi connectivity index (χ1) is 22.0. The van der Waals surface area contributed by atoms with Crippen molar-refractivity contribution in [1.29, 1.82) is 0 Å². The number of hydrogen-bond donors (Lipinski definition) is 2. The number of methoxy groups -OCH3 is 2. The van der Waals surface area contributed by atoms with Crippen LogP contribution in [0.1, 0.15) is 30.4 Å². The molecule has 246 valence electrons. The molecule has 2 N–H and O–H groups in total. The molecular formula is C32H36F3N5O6. The van der Waals surface area contributed by atoms with Gasteiger partial charge in [-0.05, 0) is 56.0 Å². The molecule has 0 radical (unpaired) electrons. The molecule has 11 nitrogen and oxygen atoms in total. The van der Waals surface area contributed by atoms with Gasteiger partial charge in [0.15, 0.2) is 0 Å². The number of likely N-dealkylation sites (tertiary alicyclic amines) is 1. The molecule has 1 amide bonds. The van der Waals surface area contributed by atoms with Crippen molar-refractivity contribution in [3.05, 3.63) is 57.9 Å². The van der Waals surface area contributed by atoms with Crippen LogP contribution < -0.4 is 24.8 Å². The minimum atomic E-state index is -4.81. The van der Waals surface area contributed by atoms with Gasteiger partial charge in [0.1, 0.15) is 17.2 Å². The highest BCUT2D eigenvalue weighted by atomic mass is 19.4. The molecule has 2 saturated heterocycles. The number of halogens is 3. The lowest BCUT2D eigenvalue weighted by Gasteiger charge is -2.31. The zero-order chi connectivity index (χ0) is 32.7. The quantitative estimate of drug-likeness (QED) is 0.401. The number of ether oxygens (including phenoxy) is 2. The van der Waals surface area contributed by atoms with Crippen LogP contribution in [0.15, 0.2) is 41.2 Å². The van der Waals surface area contributed by atoms with E-state index in [9.17, 15) is 33.0 Å². The number of hydrogen-bond acceptors (Lipinski definition) is 9. The van der Waals surface area contributed by atoms with Crippen molar-refractivity contribution in [3.63, 3.8) is 0 Å². The summed E-state index contributed by atoms with van der Waals surface area (Å²) in [6.45, 7) is 1.57. The maximum absolute atomic E-state index is 14.5. The summed E-state index contributed by atoms with van der Waals surface area (Å²) in [5, 5.41) is 24.5. The molecule has 0 bridgehead atoms. The van der Waals surface area contributed by atoms with Gasteiger partial charge in [-0.25, -0.2) is 0 Å². The lowest BCUT2D eigenvalue weighted by Crippen LogP contribution is -2.45. The van der Waals surface area contributed by atoms with Gasteiger partial charge >= 0.3 is 6.18 Å². The van der Waals surface area contributed by atoms with Gasteiger partial charge < -0.3 is 34.4 Å². The van der Waals surface area contributed by atoms with Gasteiger partial charge in [0.25, 0.3) is 5.56 Å². The normalized spacial score (nSPS) is 18.7. The average molecular weight is 644 g/mol. The fourth-order valence-corrected chi connectivity index (χ4v) is 6.45. The van der Waals surface area contributed by atoms with Crippen LogP contribution in [0.3, 0.4) is 0 Å². The Morgan fingerprint density at radius 1 is 0.957 bits per heavy atom. The van der Waals surface area contributed by atoms with Crippen LogP contribution in [-0.4, -0.2) is 96.5 Å². The molecular weight excluding hydrogens is 607 g/mol. The number of piperidine rings is 1. The van der Waals surface area contributed by atoms with Crippen molar-refractivity contribution in [1.82, 2.24) is 14.7 Å². The van der Waals surface area contributed by atoms with Crippen molar-refractivity contribution < 1.29 is 37.7 Å². The fourth-order valence-electron chi connectivity index (χ4n) is 6.45. The van der Waals surface area contributed by atoms with E-state index in [2.05, 4.69) is 5.10 Å². The van der Waals surface area contributed by atoms with Gasteiger partial charge in [0.05, 0.1) is 49.9 Å². The Bertz CT molecular complexity index is 1670. The molecule has 0 spiro atoms. The lowest BCUT2D eigenvalue weighted by atomic mass is 10.0. The molecule has 3 aliphatic heterocycles. The largest absolute Gasteiger partial charge is 0.497 e. The van der Waals surface area contributed by atoms with Crippen LogP contribution in [0.2, 0.25) is 0 Å². The summed E-state index contributed by atoms with van der Waals surface area (Å²) in [5.74, 6) is 0.605. The smallest absolute Gasteiger partial charge is 0.418 e. The fraction of sp³-hybridized carbons (Fsp3) is 0.469. The molecule has 2 aromatic carbocycles. The maximum Gasteiger partial charge on any atom is 0.418 e. The maximum atomic E-state index is 14.5. The number of aliphatic hydroxyl groups is 2. The Balaban J connectivity index is 1.53. The topological polar surface area (TPSA) is 121 Å². The van der Waals surface area contributed by atoms with Crippen LogP contribution in [0.4, 0.5) is 24.5 Å². The van der Waals surface area contributed by atoms with E-state index in [1.54, 1.807) is 32.9 Å². The highest BCUT2D eigenvalue weighted by molar-refractivity contribution is 5.84. The van der Waals surface area contributed by atoms with Crippen molar-refractivity contribution >= 4 is 17.3 Å². The van der Waals surface area contributed by atoms with E-state index in [4.69, 9.17) is 9.47 Å². The first kappa shape index (κ1) is 31.7. The Kier molecular flexibility index (Phi) is 8.59. The number of aliphatic hydroxyl groups excluding tert-OH is 2. The molecule has 6 rings (SSSR count). The van der Waals surface area contributed by atoms with Crippen LogP contribution >= 0.6 is 0 Å². The Morgan fingerprint density at radius 3 is 2.24 bits per heavy atom. The third-order valence-corrected chi connectivity index (χ3v) is 8.93. The van der Waals surface area contributed by atoms with E-state index in [-0.39, 0.29) is 36.9 Å². The van der Waals surface area contributed by atoms with Gasteiger partial charge in [-0.1, -0.05) is 0 Å². The predicted molar refractivity (Wildman–Crippen MR) is 164 cm³/mol. The molecule has 14 heteroatoms. The van der Waals surface area contributed by atoms with Gasteiger partial charge in [-0.2, -0.15) is 23.0 Å². The average Bonchev–Trinajstić information content (AvgIpc) is 3.67. The van der Waals surface area contributed by atoms with Crippen LogP contribution in [0.25, 0.3) is 16.9 Å².